The maximum Gasteiger partial charge on any atom is 0.0439 e. The first-order valence-electron chi connectivity index (χ1n) is 4.50. The summed E-state index contributed by atoms with van der Waals surface area (Å²) in [6.07, 6.45) is 1.29. The van der Waals surface area contributed by atoms with Gasteiger partial charge in [-0.2, -0.15) is 0 Å². The number of hydrogen-bond donors (Lipinski definition) is 2. The molecule has 0 unspecified atom stereocenters. The molecule has 71 valence electrons. The van der Waals surface area contributed by atoms with Gasteiger partial charge in [-0.1, -0.05) is 30.3 Å². The van der Waals surface area contributed by atoms with E-state index in [-0.39, 0.29) is 13.2 Å². The van der Waals surface area contributed by atoms with E-state index in [9.17, 15) is 0 Å². The van der Waals surface area contributed by atoms with E-state index in [1.807, 2.05) is 30.3 Å². The van der Waals surface area contributed by atoms with Crippen LogP contribution in [0.4, 0.5) is 0 Å². The summed E-state index contributed by atoms with van der Waals surface area (Å²) in [5, 5.41) is 17.6. The normalized spacial score (nSPS) is 10.7. The lowest BCUT2D eigenvalue weighted by Gasteiger charge is -2.13. The van der Waals surface area contributed by atoms with Crippen LogP contribution in [-0.2, 0) is 0 Å². The molecule has 1 aromatic carbocycles. The number of hydrogen-bond acceptors (Lipinski definition) is 2. The summed E-state index contributed by atoms with van der Waals surface area (Å²) in [6, 6.07) is 9.88. The first-order chi connectivity index (χ1) is 6.38. The molecule has 2 nitrogen and oxygen atoms in total. The first kappa shape index (κ1) is 10.2. The van der Waals surface area contributed by atoms with Gasteiger partial charge in [0.1, 0.15) is 0 Å². The van der Waals surface area contributed by atoms with Gasteiger partial charge in [-0.3, -0.25) is 0 Å². The van der Waals surface area contributed by atoms with E-state index < -0.39 is 0 Å². The van der Waals surface area contributed by atoms with Crippen LogP contribution >= 0.6 is 0 Å². The van der Waals surface area contributed by atoms with Gasteiger partial charge in [-0.05, 0) is 18.4 Å². The predicted molar refractivity (Wildman–Crippen MR) is 52.2 cm³/mol. The van der Waals surface area contributed by atoms with Crippen molar-refractivity contribution in [3.8, 4) is 0 Å². The number of aliphatic hydroxyl groups is 2. The van der Waals surface area contributed by atoms with Crippen LogP contribution in [0, 0.1) is 5.92 Å². The van der Waals surface area contributed by atoms with E-state index >= 15 is 0 Å². The minimum atomic E-state index is 0.143. The molecule has 0 amide bonds. The Morgan fingerprint density at radius 2 is 1.46 bits per heavy atom. The molecule has 0 heterocycles. The van der Waals surface area contributed by atoms with Gasteiger partial charge in [0, 0.05) is 19.1 Å². The highest BCUT2D eigenvalue weighted by Gasteiger charge is 2.09. The van der Waals surface area contributed by atoms with Crippen molar-refractivity contribution in [2.45, 2.75) is 12.8 Å². The van der Waals surface area contributed by atoms with Crippen molar-refractivity contribution in [2.24, 2.45) is 0 Å². The van der Waals surface area contributed by atoms with Crippen LogP contribution < -0.4 is 0 Å². The number of rotatable bonds is 5. The maximum absolute atomic E-state index is 8.82. The SMILES string of the molecule is OCC[C](CCO)c1ccccc1. The monoisotopic (exact) mass is 179 g/mol. The average Bonchev–Trinajstić information content (AvgIpc) is 2.19. The Kier molecular flexibility index (Phi) is 4.50. The van der Waals surface area contributed by atoms with Gasteiger partial charge in [0.15, 0.2) is 0 Å². The Morgan fingerprint density at radius 1 is 0.923 bits per heavy atom. The highest BCUT2D eigenvalue weighted by molar-refractivity contribution is 5.30. The minimum Gasteiger partial charge on any atom is -0.396 e. The molecular formula is C11H15O2. The lowest BCUT2D eigenvalue weighted by atomic mass is 9.93. The molecule has 0 fully saturated rings. The smallest absolute Gasteiger partial charge is 0.0439 e. The van der Waals surface area contributed by atoms with Crippen LogP contribution in [0.15, 0.2) is 30.3 Å². The fourth-order valence-corrected chi connectivity index (χ4v) is 1.36. The van der Waals surface area contributed by atoms with Crippen LogP contribution in [0.5, 0.6) is 0 Å². The van der Waals surface area contributed by atoms with Gasteiger partial charge in [0.05, 0.1) is 0 Å². The van der Waals surface area contributed by atoms with Crippen molar-refractivity contribution in [1.29, 1.82) is 0 Å². The zero-order valence-electron chi connectivity index (χ0n) is 7.61. The molecule has 0 aliphatic carbocycles. The summed E-state index contributed by atoms with van der Waals surface area (Å²) >= 11 is 0. The molecule has 1 rings (SSSR count). The van der Waals surface area contributed by atoms with E-state index in [0.29, 0.717) is 12.8 Å². The molecule has 0 aliphatic heterocycles. The molecule has 2 heteroatoms. The first-order valence-corrected chi connectivity index (χ1v) is 4.50. The Balaban J connectivity index is 2.64. The molecule has 0 aromatic heterocycles. The third-order valence-electron chi connectivity index (χ3n) is 2.01. The number of aliphatic hydroxyl groups excluding tert-OH is 2. The zero-order valence-corrected chi connectivity index (χ0v) is 7.61. The zero-order chi connectivity index (χ0) is 9.52. The molecule has 1 radical (unpaired) electrons. The van der Waals surface area contributed by atoms with Crippen LogP contribution in [0.2, 0.25) is 0 Å². The van der Waals surface area contributed by atoms with Gasteiger partial charge in [0.25, 0.3) is 0 Å². The molecule has 0 spiro atoms. The lowest BCUT2D eigenvalue weighted by molar-refractivity contribution is 0.270. The van der Waals surface area contributed by atoms with Crippen LogP contribution in [0.3, 0.4) is 0 Å². The van der Waals surface area contributed by atoms with Crippen LogP contribution in [0.1, 0.15) is 18.4 Å². The van der Waals surface area contributed by atoms with Gasteiger partial charge in [-0.25, -0.2) is 0 Å². The molecule has 1 aromatic rings. The van der Waals surface area contributed by atoms with E-state index in [4.69, 9.17) is 10.2 Å². The molecular weight excluding hydrogens is 164 g/mol. The molecule has 0 atom stereocenters. The third-order valence-corrected chi connectivity index (χ3v) is 2.01. The molecule has 0 aliphatic rings. The van der Waals surface area contributed by atoms with Crippen LogP contribution in [0.25, 0.3) is 0 Å². The Labute approximate surface area is 78.8 Å². The highest BCUT2D eigenvalue weighted by atomic mass is 16.3. The van der Waals surface area contributed by atoms with Crippen molar-refractivity contribution >= 4 is 0 Å². The second kappa shape index (κ2) is 5.73. The van der Waals surface area contributed by atoms with E-state index in [0.717, 1.165) is 11.5 Å². The van der Waals surface area contributed by atoms with Crippen molar-refractivity contribution < 1.29 is 10.2 Å². The van der Waals surface area contributed by atoms with Crippen molar-refractivity contribution in [3.05, 3.63) is 41.8 Å². The fraction of sp³-hybridized carbons (Fsp3) is 0.364. The van der Waals surface area contributed by atoms with Gasteiger partial charge < -0.3 is 10.2 Å². The Morgan fingerprint density at radius 3 is 1.92 bits per heavy atom. The molecule has 0 saturated carbocycles. The van der Waals surface area contributed by atoms with E-state index in [1.54, 1.807) is 0 Å². The average molecular weight is 179 g/mol. The molecule has 2 N–H and O–H groups in total. The Bertz CT molecular complexity index is 215. The van der Waals surface area contributed by atoms with Crippen molar-refractivity contribution in [3.63, 3.8) is 0 Å². The second-order valence-corrected chi connectivity index (χ2v) is 2.92. The van der Waals surface area contributed by atoms with Crippen molar-refractivity contribution in [1.82, 2.24) is 0 Å². The quantitative estimate of drug-likeness (QED) is 0.716. The highest BCUT2D eigenvalue weighted by Crippen LogP contribution is 2.20. The second-order valence-electron chi connectivity index (χ2n) is 2.92. The largest absolute Gasteiger partial charge is 0.396 e. The van der Waals surface area contributed by atoms with Gasteiger partial charge in [0.2, 0.25) is 0 Å². The lowest BCUT2D eigenvalue weighted by Crippen LogP contribution is -2.04. The third kappa shape index (κ3) is 3.17. The summed E-state index contributed by atoms with van der Waals surface area (Å²) in [7, 11) is 0. The van der Waals surface area contributed by atoms with Crippen LogP contribution in [-0.4, -0.2) is 23.4 Å². The van der Waals surface area contributed by atoms with Gasteiger partial charge >= 0.3 is 0 Å². The van der Waals surface area contributed by atoms with E-state index in [2.05, 4.69) is 0 Å². The number of benzene rings is 1. The molecule has 13 heavy (non-hydrogen) atoms. The molecule has 0 bridgehead atoms. The van der Waals surface area contributed by atoms with Crippen molar-refractivity contribution in [2.75, 3.05) is 13.2 Å². The van der Waals surface area contributed by atoms with Gasteiger partial charge in [-0.15, -0.1) is 0 Å². The summed E-state index contributed by atoms with van der Waals surface area (Å²) < 4.78 is 0. The standard InChI is InChI=1S/C11H15O2/c12-8-6-11(7-9-13)10-4-2-1-3-5-10/h1-5,12-13H,6-9H2. The maximum atomic E-state index is 8.82. The minimum absolute atomic E-state index is 0.143. The summed E-state index contributed by atoms with van der Waals surface area (Å²) in [6.45, 7) is 0.286. The predicted octanol–water partition coefficient (Wildman–Crippen LogP) is 1.37. The Hall–Kier alpha value is -0.860. The van der Waals surface area contributed by atoms with E-state index in [1.165, 1.54) is 0 Å². The summed E-state index contributed by atoms with van der Waals surface area (Å²) in [5.41, 5.74) is 1.12. The fourth-order valence-electron chi connectivity index (χ4n) is 1.36. The molecule has 0 saturated heterocycles. The summed E-state index contributed by atoms with van der Waals surface area (Å²) in [5.74, 6) is 1.12. The summed E-state index contributed by atoms with van der Waals surface area (Å²) in [4.78, 5) is 0. The topological polar surface area (TPSA) is 40.5 Å².